The van der Waals surface area contributed by atoms with Gasteiger partial charge in [0.2, 0.25) is 0 Å². The second kappa shape index (κ2) is 14.0. The molecule has 0 amide bonds. The van der Waals surface area contributed by atoms with Crippen molar-refractivity contribution in [3.8, 4) is 0 Å². The average Bonchev–Trinajstić information content (AvgIpc) is 2.46. The number of rotatable bonds is 15. The number of carboxylic acids is 1. The lowest BCUT2D eigenvalue weighted by atomic mass is 10.0. The standard InChI is InChI=1S/C16H31NO4/c1-3-5-6-7-8-9-15(21-12-4-2)14(18)13-17-11-10-16(19)20/h4,14-15,17-18H,2-3,5-13H2,1H3,(H,19,20). The van der Waals surface area contributed by atoms with Crippen LogP contribution in [0.1, 0.15) is 51.9 Å². The molecule has 0 aromatic heterocycles. The summed E-state index contributed by atoms with van der Waals surface area (Å²) in [6.45, 7) is 6.94. The van der Waals surface area contributed by atoms with Crippen molar-refractivity contribution in [3.05, 3.63) is 12.7 Å². The predicted octanol–water partition coefficient (Wildman–Crippen LogP) is 2.34. The fourth-order valence-electron chi connectivity index (χ4n) is 2.10. The van der Waals surface area contributed by atoms with Crippen LogP contribution in [0.5, 0.6) is 0 Å². The highest BCUT2D eigenvalue weighted by Gasteiger charge is 2.18. The van der Waals surface area contributed by atoms with Crippen LogP contribution in [-0.4, -0.2) is 48.1 Å². The fourth-order valence-corrected chi connectivity index (χ4v) is 2.10. The Labute approximate surface area is 128 Å². The summed E-state index contributed by atoms with van der Waals surface area (Å²) in [6.07, 6.45) is 7.58. The first-order valence-corrected chi connectivity index (χ1v) is 7.94. The monoisotopic (exact) mass is 301 g/mol. The van der Waals surface area contributed by atoms with Crippen LogP contribution in [0.2, 0.25) is 0 Å². The predicted molar refractivity (Wildman–Crippen MR) is 84.4 cm³/mol. The van der Waals surface area contributed by atoms with Gasteiger partial charge in [0.25, 0.3) is 0 Å². The van der Waals surface area contributed by atoms with E-state index in [1.807, 2.05) is 0 Å². The highest BCUT2D eigenvalue weighted by atomic mass is 16.5. The van der Waals surface area contributed by atoms with E-state index in [1.165, 1.54) is 19.3 Å². The van der Waals surface area contributed by atoms with E-state index >= 15 is 0 Å². The number of hydrogen-bond acceptors (Lipinski definition) is 4. The van der Waals surface area contributed by atoms with Crippen LogP contribution in [0.3, 0.4) is 0 Å². The third-order valence-electron chi connectivity index (χ3n) is 3.32. The highest BCUT2D eigenvalue weighted by Crippen LogP contribution is 2.12. The minimum atomic E-state index is -0.840. The van der Waals surface area contributed by atoms with Gasteiger partial charge in [-0.15, -0.1) is 6.58 Å². The van der Waals surface area contributed by atoms with Gasteiger partial charge in [0, 0.05) is 13.1 Å². The molecule has 0 bridgehead atoms. The molecule has 5 nitrogen and oxygen atoms in total. The molecule has 0 aromatic rings. The maximum Gasteiger partial charge on any atom is 0.304 e. The van der Waals surface area contributed by atoms with Gasteiger partial charge in [-0.3, -0.25) is 4.79 Å². The van der Waals surface area contributed by atoms with Crippen molar-refractivity contribution >= 4 is 5.97 Å². The van der Waals surface area contributed by atoms with Crippen molar-refractivity contribution in [1.82, 2.24) is 5.32 Å². The third-order valence-corrected chi connectivity index (χ3v) is 3.32. The zero-order valence-corrected chi connectivity index (χ0v) is 13.2. The fraction of sp³-hybridized carbons (Fsp3) is 0.812. The van der Waals surface area contributed by atoms with Gasteiger partial charge in [-0.05, 0) is 6.42 Å². The first-order valence-electron chi connectivity index (χ1n) is 7.94. The van der Waals surface area contributed by atoms with Crippen LogP contribution in [0.15, 0.2) is 12.7 Å². The molecule has 0 rings (SSSR count). The molecule has 0 aliphatic heterocycles. The van der Waals surface area contributed by atoms with Crippen molar-refractivity contribution in [2.75, 3.05) is 19.7 Å². The number of aliphatic hydroxyl groups is 1. The van der Waals surface area contributed by atoms with Gasteiger partial charge in [-0.25, -0.2) is 0 Å². The number of nitrogens with one attached hydrogen (secondary N) is 1. The Morgan fingerprint density at radius 2 is 2.05 bits per heavy atom. The largest absolute Gasteiger partial charge is 0.481 e. The molecule has 124 valence electrons. The Morgan fingerprint density at radius 1 is 1.33 bits per heavy atom. The zero-order valence-electron chi connectivity index (χ0n) is 13.2. The van der Waals surface area contributed by atoms with Gasteiger partial charge >= 0.3 is 5.97 Å². The number of ether oxygens (including phenoxy) is 1. The normalized spacial score (nSPS) is 13.8. The van der Waals surface area contributed by atoms with Crippen LogP contribution in [0.25, 0.3) is 0 Å². The average molecular weight is 301 g/mol. The van der Waals surface area contributed by atoms with E-state index in [1.54, 1.807) is 6.08 Å². The molecular weight excluding hydrogens is 270 g/mol. The van der Waals surface area contributed by atoms with Crippen LogP contribution in [-0.2, 0) is 9.53 Å². The number of hydrogen-bond donors (Lipinski definition) is 3. The Kier molecular flexibility index (Phi) is 13.4. The van der Waals surface area contributed by atoms with Gasteiger partial charge in [-0.2, -0.15) is 0 Å². The molecule has 0 heterocycles. The molecular formula is C16H31NO4. The van der Waals surface area contributed by atoms with Crippen LogP contribution in [0.4, 0.5) is 0 Å². The van der Waals surface area contributed by atoms with Crippen molar-refractivity contribution in [2.24, 2.45) is 0 Å². The van der Waals surface area contributed by atoms with Crippen molar-refractivity contribution < 1.29 is 19.7 Å². The van der Waals surface area contributed by atoms with E-state index in [0.717, 1.165) is 19.3 Å². The lowest BCUT2D eigenvalue weighted by Crippen LogP contribution is -2.38. The Hall–Kier alpha value is -0.910. The lowest BCUT2D eigenvalue weighted by molar-refractivity contribution is -0.136. The van der Waals surface area contributed by atoms with E-state index < -0.39 is 12.1 Å². The summed E-state index contributed by atoms with van der Waals surface area (Å²) in [4.78, 5) is 10.4. The Balaban J connectivity index is 3.94. The molecule has 21 heavy (non-hydrogen) atoms. The molecule has 0 saturated carbocycles. The summed E-state index contributed by atoms with van der Waals surface area (Å²) in [7, 11) is 0. The number of carbonyl (C=O) groups is 1. The van der Waals surface area contributed by atoms with Crippen LogP contribution >= 0.6 is 0 Å². The summed E-state index contributed by atoms with van der Waals surface area (Å²) in [5.41, 5.74) is 0. The number of unbranched alkanes of at least 4 members (excludes halogenated alkanes) is 4. The highest BCUT2D eigenvalue weighted by molar-refractivity contribution is 5.66. The summed E-state index contributed by atoms with van der Waals surface area (Å²) < 4.78 is 5.61. The maximum absolute atomic E-state index is 10.4. The van der Waals surface area contributed by atoms with Gasteiger partial charge in [0.15, 0.2) is 0 Å². The van der Waals surface area contributed by atoms with E-state index in [0.29, 0.717) is 19.7 Å². The van der Waals surface area contributed by atoms with E-state index in [-0.39, 0.29) is 12.5 Å². The molecule has 0 aliphatic carbocycles. The SMILES string of the molecule is C=CCOC(CCCCCCC)C(O)CNCCC(=O)O. The number of carboxylic acid groups (broad SMARTS) is 1. The maximum atomic E-state index is 10.4. The summed E-state index contributed by atoms with van der Waals surface area (Å²) in [6, 6.07) is 0. The van der Waals surface area contributed by atoms with Crippen LogP contribution < -0.4 is 5.32 Å². The smallest absolute Gasteiger partial charge is 0.304 e. The quantitative estimate of drug-likeness (QED) is 0.320. The molecule has 0 saturated heterocycles. The minimum absolute atomic E-state index is 0.0575. The van der Waals surface area contributed by atoms with Crippen molar-refractivity contribution in [3.63, 3.8) is 0 Å². The van der Waals surface area contributed by atoms with E-state index in [2.05, 4.69) is 18.8 Å². The zero-order chi connectivity index (χ0) is 15.9. The second-order valence-corrected chi connectivity index (χ2v) is 5.28. The summed E-state index contributed by atoms with van der Waals surface area (Å²) >= 11 is 0. The van der Waals surface area contributed by atoms with E-state index in [4.69, 9.17) is 9.84 Å². The lowest BCUT2D eigenvalue weighted by Gasteiger charge is -2.23. The van der Waals surface area contributed by atoms with Gasteiger partial charge in [-0.1, -0.05) is 45.1 Å². The van der Waals surface area contributed by atoms with Crippen LogP contribution in [0, 0.1) is 0 Å². The molecule has 2 atom stereocenters. The van der Waals surface area contributed by atoms with Gasteiger partial charge in [0.1, 0.15) is 0 Å². The molecule has 2 unspecified atom stereocenters. The molecule has 0 radical (unpaired) electrons. The first-order chi connectivity index (χ1) is 10.1. The van der Waals surface area contributed by atoms with Crippen molar-refractivity contribution in [1.29, 1.82) is 0 Å². The topological polar surface area (TPSA) is 78.8 Å². The Bertz CT molecular complexity index is 271. The van der Waals surface area contributed by atoms with Gasteiger partial charge in [0.05, 0.1) is 25.2 Å². The number of aliphatic hydroxyl groups excluding tert-OH is 1. The molecule has 5 heteroatoms. The Morgan fingerprint density at radius 3 is 2.67 bits per heavy atom. The molecule has 3 N–H and O–H groups in total. The molecule has 0 fully saturated rings. The summed E-state index contributed by atoms with van der Waals surface area (Å²) in [5, 5.41) is 21.6. The molecule has 0 aromatic carbocycles. The van der Waals surface area contributed by atoms with Crippen molar-refractivity contribution in [2.45, 2.75) is 64.1 Å². The van der Waals surface area contributed by atoms with E-state index in [9.17, 15) is 9.90 Å². The summed E-state index contributed by atoms with van der Waals surface area (Å²) in [5.74, 6) is -0.840. The molecule has 0 aliphatic rings. The second-order valence-electron chi connectivity index (χ2n) is 5.28. The third kappa shape index (κ3) is 12.5. The first kappa shape index (κ1) is 20.1. The molecule has 0 spiro atoms. The van der Waals surface area contributed by atoms with Gasteiger partial charge < -0.3 is 20.3 Å². The number of aliphatic carboxylic acids is 1. The minimum Gasteiger partial charge on any atom is -0.481 e.